The Hall–Kier alpha value is -0.260. The molecule has 0 aliphatic carbocycles. The van der Waals surface area contributed by atoms with E-state index in [4.69, 9.17) is 0 Å². The molecule has 0 saturated heterocycles. The van der Waals surface area contributed by atoms with E-state index in [-0.39, 0.29) is 0 Å². The summed E-state index contributed by atoms with van der Waals surface area (Å²) < 4.78 is 0. The van der Waals surface area contributed by atoms with Gasteiger partial charge in [0.1, 0.15) is 0 Å². The second-order valence-corrected chi connectivity index (χ2v) is 2.54. The van der Waals surface area contributed by atoms with Crippen LogP contribution in [0.2, 0.25) is 0 Å². The van der Waals surface area contributed by atoms with Crippen LogP contribution in [0, 0.1) is 5.92 Å². The summed E-state index contributed by atoms with van der Waals surface area (Å²) in [4.78, 5) is 0. The average Bonchev–Trinajstić information content (AvgIpc) is 1.67. The fourth-order valence-electron chi connectivity index (χ4n) is 0.679. The molecular formula is C8H16. The van der Waals surface area contributed by atoms with E-state index >= 15 is 0 Å². The minimum atomic E-state index is 0.722. The van der Waals surface area contributed by atoms with Gasteiger partial charge in [-0.1, -0.05) is 32.4 Å². The third kappa shape index (κ3) is 2.84. The molecule has 0 spiro atoms. The molecule has 0 rings (SSSR count). The molecule has 0 fully saturated rings. The number of allylic oxidation sites excluding steroid dienone is 1. The monoisotopic (exact) mass is 112 g/mol. The lowest BCUT2D eigenvalue weighted by Gasteiger charge is -2.06. The summed E-state index contributed by atoms with van der Waals surface area (Å²) in [6.45, 7) is 10.4. The summed E-state index contributed by atoms with van der Waals surface area (Å²) in [5, 5.41) is 0. The maximum absolute atomic E-state index is 3.87. The van der Waals surface area contributed by atoms with E-state index in [1.807, 2.05) is 0 Å². The SMILES string of the molecule is C=C(C)[C@@H](C)CCC. The van der Waals surface area contributed by atoms with Crippen LogP contribution < -0.4 is 0 Å². The molecule has 0 aliphatic rings. The van der Waals surface area contributed by atoms with Crippen LogP contribution in [0.5, 0.6) is 0 Å². The van der Waals surface area contributed by atoms with Crippen LogP contribution in [0.4, 0.5) is 0 Å². The zero-order valence-electron chi connectivity index (χ0n) is 6.20. The first-order chi connectivity index (χ1) is 3.68. The Morgan fingerprint density at radius 1 is 1.62 bits per heavy atom. The highest BCUT2D eigenvalue weighted by Crippen LogP contribution is 2.12. The first-order valence-electron chi connectivity index (χ1n) is 3.33. The van der Waals surface area contributed by atoms with Crippen LogP contribution in [-0.4, -0.2) is 0 Å². The molecule has 0 heteroatoms. The van der Waals surface area contributed by atoms with Gasteiger partial charge in [-0.2, -0.15) is 0 Å². The third-order valence-electron chi connectivity index (χ3n) is 1.56. The Kier molecular flexibility index (Phi) is 3.59. The summed E-state index contributed by atoms with van der Waals surface area (Å²) in [6, 6.07) is 0. The van der Waals surface area contributed by atoms with Gasteiger partial charge in [0.15, 0.2) is 0 Å². The minimum absolute atomic E-state index is 0.722. The van der Waals surface area contributed by atoms with Crippen LogP contribution >= 0.6 is 0 Å². The molecule has 0 amide bonds. The van der Waals surface area contributed by atoms with Crippen molar-refractivity contribution in [1.82, 2.24) is 0 Å². The molecule has 0 bridgehead atoms. The highest BCUT2D eigenvalue weighted by Gasteiger charge is 1.97. The molecule has 0 heterocycles. The van der Waals surface area contributed by atoms with Gasteiger partial charge >= 0.3 is 0 Å². The Bertz CT molecular complexity index is 72.1. The lowest BCUT2D eigenvalue weighted by atomic mass is 10.00. The topological polar surface area (TPSA) is 0 Å². The normalized spacial score (nSPS) is 13.4. The lowest BCUT2D eigenvalue weighted by molar-refractivity contribution is 0.603. The molecule has 8 heavy (non-hydrogen) atoms. The summed E-state index contributed by atoms with van der Waals surface area (Å²) in [7, 11) is 0. The van der Waals surface area contributed by atoms with E-state index in [9.17, 15) is 0 Å². The summed E-state index contributed by atoms with van der Waals surface area (Å²) in [5.74, 6) is 0.722. The smallest absolute Gasteiger partial charge is 0.0237 e. The van der Waals surface area contributed by atoms with E-state index in [0.29, 0.717) is 0 Å². The molecular weight excluding hydrogens is 96.1 g/mol. The molecule has 0 saturated carbocycles. The van der Waals surface area contributed by atoms with E-state index in [2.05, 4.69) is 27.4 Å². The zero-order valence-corrected chi connectivity index (χ0v) is 6.20. The second-order valence-electron chi connectivity index (χ2n) is 2.54. The van der Waals surface area contributed by atoms with Crippen LogP contribution in [0.3, 0.4) is 0 Å². The van der Waals surface area contributed by atoms with Gasteiger partial charge in [-0.25, -0.2) is 0 Å². The molecule has 48 valence electrons. The molecule has 0 radical (unpaired) electrons. The predicted octanol–water partition coefficient (Wildman–Crippen LogP) is 3.00. The highest BCUT2D eigenvalue weighted by atomic mass is 14.0. The minimum Gasteiger partial charge on any atom is -0.0999 e. The highest BCUT2D eigenvalue weighted by molar-refractivity contribution is 4.93. The van der Waals surface area contributed by atoms with Gasteiger partial charge in [0, 0.05) is 0 Å². The van der Waals surface area contributed by atoms with Crippen LogP contribution in [0.1, 0.15) is 33.6 Å². The van der Waals surface area contributed by atoms with Gasteiger partial charge in [-0.15, -0.1) is 0 Å². The van der Waals surface area contributed by atoms with Gasteiger partial charge in [0.05, 0.1) is 0 Å². The number of hydrogen-bond acceptors (Lipinski definition) is 0. The third-order valence-corrected chi connectivity index (χ3v) is 1.56. The van der Waals surface area contributed by atoms with Crippen LogP contribution in [0.25, 0.3) is 0 Å². The van der Waals surface area contributed by atoms with E-state index in [1.54, 1.807) is 0 Å². The molecule has 0 N–H and O–H groups in total. The van der Waals surface area contributed by atoms with Crippen molar-refractivity contribution in [3.63, 3.8) is 0 Å². The Morgan fingerprint density at radius 2 is 2.12 bits per heavy atom. The van der Waals surface area contributed by atoms with Gasteiger partial charge < -0.3 is 0 Å². The van der Waals surface area contributed by atoms with Crippen molar-refractivity contribution >= 4 is 0 Å². The molecule has 1 atom stereocenters. The molecule has 0 aromatic rings. The van der Waals surface area contributed by atoms with Crippen molar-refractivity contribution in [3.8, 4) is 0 Å². The number of rotatable bonds is 3. The maximum atomic E-state index is 3.87. The van der Waals surface area contributed by atoms with Crippen molar-refractivity contribution in [1.29, 1.82) is 0 Å². The summed E-state index contributed by atoms with van der Waals surface area (Å²) >= 11 is 0. The maximum Gasteiger partial charge on any atom is -0.0237 e. The van der Waals surface area contributed by atoms with Crippen molar-refractivity contribution < 1.29 is 0 Å². The van der Waals surface area contributed by atoms with E-state index < -0.39 is 0 Å². The summed E-state index contributed by atoms with van der Waals surface area (Å²) in [6.07, 6.45) is 2.56. The van der Waals surface area contributed by atoms with Gasteiger partial charge in [-0.05, 0) is 19.3 Å². The molecule has 0 aromatic heterocycles. The largest absolute Gasteiger partial charge is 0.0999 e. The quantitative estimate of drug-likeness (QED) is 0.492. The predicted molar refractivity (Wildman–Crippen MR) is 38.9 cm³/mol. The van der Waals surface area contributed by atoms with Gasteiger partial charge in [0.25, 0.3) is 0 Å². The Labute approximate surface area is 52.6 Å². The lowest BCUT2D eigenvalue weighted by Crippen LogP contribution is -1.92. The van der Waals surface area contributed by atoms with Crippen molar-refractivity contribution in [2.75, 3.05) is 0 Å². The zero-order chi connectivity index (χ0) is 6.57. The molecule has 0 unspecified atom stereocenters. The van der Waals surface area contributed by atoms with Gasteiger partial charge in [0.2, 0.25) is 0 Å². The fraction of sp³-hybridized carbons (Fsp3) is 0.750. The molecule has 0 nitrogen and oxygen atoms in total. The van der Waals surface area contributed by atoms with Crippen molar-refractivity contribution in [2.45, 2.75) is 33.6 Å². The van der Waals surface area contributed by atoms with Gasteiger partial charge in [-0.3, -0.25) is 0 Å². The Morgan fingerprint density at radius 3 is 2.25 bits per heavy atom. The Balaban J connectivity index is 3.32. The van der Waals surface area contributed by atoms with Crippen molar-refractivity contribution in [3.05, 3.63) is 12.2 Å². The standard InChI is InChI=1S/C8H16/c1-5-6-8(4)7(2)3/h8H,2,5-6H2,1,3-4H3/t8-/m0/s1. The first kappa shape index (κ1) is 7.74. The summed E-state index contributed by atoms with van der Waals surface area (Å²) in [5.41, 5.74) is 1.31. The van der Waals surface area contributed by atoms with Crippen molar-refractivity contribution in [2.24, 2.45) is 5.92 Å². The van der Waals surface area contributed by atoms with E-state index in [1.165, 1.54) is 18.4 Å². The van der Waals surface area contributed by atoms with Crippen LogP contribution in [-0.2, 0) is 0 Å². The second kappa shape index (κ2) is 3.71. The fourth-order valence-corrected chi connectivity index (χ4v) is 0.679. The first-order valence-corrected chi connectivity index (χ1v) is 3.33. The van der Waals surface area contributed by atoms with E-state index in [0.717, 1.165) is 5.92 Å². The number of hydrogen-bond donors (Lipinski definition) is 0. The van der Waals surface area contributed by atoms with Crippen LogP contribution in [0.15, 0.2) is 12.2 Å². The molecule has 0 aliphatic heterocycles. The molecule has 0 aromatic carbocycles. The average molecular weight is 112 g/mol.